The first-order valence-corrected chi connectivity index (χ1v) is 10.2. The van der Waals surface area contributed by atoms with E-state index in [-0.39, 0.29) is 11.1 Å². The molecule has 1 aromatic heterocycles. The molecule has 0 spiro atoms. The molecule has 0 saturated carbocycles. The average Bonchev–Trinajstić information content (AvgIpc) is 3.03. The van der Waals surface area contributed by atoms with Crippen LogP contribution in [0.4, 0.5) is 10.5 Å². The second-order valence-corrected chi connectivity index (χ2v) is 7.78. The van der Waals surface area contributed by atoms with Crippen LogP contribution in [0.15, 0.2) is 60.2 Å². The number of carboxylic acids is 1. The molecule has 1 aliphatic heterocycles. The van der Waals surface area contributed by atoms with Crippen LogP contribution in [0.5, 0.6) is 0 Å². The van der Waals surface area contributed by atoms with Gasteiger partial charge in [-0.1, -0.05) is 24.3 Å². The fourth-order valence-electron chi connectivity index (χ4n) is 3.97. The van der Waals surface area contributed by atoms with Gasteiger partial charge >= 0.3 is 12.0 Å². The number of nitrogens with zero attached hydrogens (tertiary/aromatic N) is 2. The molecule has 0 radical (unpaired) electrons. The maximum Gasteiger partial charge on any atom is 0.337 e. The Kier molecular flexibility index (Phi) is 5.43. The van der Waals surface area contributed by atoms with Crippen LogP contribution in [-0.2, 0) is 9.59 Å². The van der Waals surface area contributed by atoms with Gasteiger partial charge in [0.05, 0.1) is 16.9 Å². The van der Waals surface area contributed by atoms with Crippen LogP contribution in [0, 0.1) is 20.8 Å². The number of hydrogen-bond acceptors (Lipinski definition) is 4. The third kappa shape index (κ3) is 3.82. The summed E-state index contributed by atoms with van der Waals surface area (Å²) in [5.74, 6) is -2.58. The second-order valence-electron chi connectivity index (χ2n) is 7.78. The van der Waals surface area contributed by atoms with Gasteiger partial charge in [0, 0.05) is 11.4 Å². The highest BCUT2D eigenvalue weighted by Gasteiger charge is 2.37. The molecule has 166 valence electrons. The van der Waals surface area contributed by atoms with Gasteiger partial charge in [0.25, 0.3) is 11.8 Å². The number of rotatable bonds is 4. The first-order chi connectivity index (χ1) is 15.7. The van der Waals surface area contributed by atoms with Crippen LogP contribution < -0.4 is 10.2 Å². The zero-order chi connectivity index (χ0) is 23.9. The Hall–Kier alpha value is -4.46. The highest BCUT2D eigenvalue weighted by atomic mass is 16.4. The number of aryl methyl sites for hydroxylation is 2. The summed E-state index contributed by atoms with van der Waals surface area (Å²) in [6, 6.07) is 14.4. The predicted octanol–water partition coefficient (Wildman–Crippen LogP) is 3.77. The fraction of sp³-hybridized carbons (Fsp3) is 0.120. The maximum absolute atomic E-state index is 13.2. The normalized spacial score (nSPS) is 15.2. The maximum atomic E-state index is 13.2. The quantitative estimate of drug-likeness (QED) is 0.471. The Morgan fingerprint density at radius 3 is 2.39 bits per heavy atom. The minimum atomic E-state index is -1.06. The minimum absolute atomic E-state index is 0.126. The van der Waals surface area contributed by atoms with Gasteiger partial charge in [0.15, 0.2) is 0 Å². The van der Waals surface area contributed by atoms with Crippen molar-refractivity contribution in [3.8, 4) is 5.69 Å². The summed E-state index contributed by atoms with van der Waals surface area (Å²) in [6.07, 6.45) is 1.43. The Labute approximate surface area is 189 Å². The van der Waals surface area contributed by atoms with Crippen molar-refractivity contribution in [1.29, 1.82) is 0 Å². The molecular weight excluding hydrogens is 422 g/mol. The topological polar surface area (TPSA) is 109 Å². The molecule has 3 aromatic rings. The average molecular weight is 443 g/mol. The van der Waals surface area contributed by atoms with Crippen LogP contribution in [0.25, 0.3) is 11.8 Å². The SMILES string of the molecule is Cc1cccc(N2C(=O)NC(=O)/C(=C\c3cc(C)n(-c4ccccc4C(=O)O)c3C)C2=O)c1. The highest BCUT2D eigenvalue weighted by Crippen LogP contribution is 2.27. The lowest BCUT2D eigenvalue weighted by Crippen LogP contribution is -2.54. The molecule has 1 saturated heterocycles. The standard InChI is InChI=1S/C25H21N3O5/c1-14-7-6-8-18(11-14)28-23(30)20(22(29)26-25(28)33)13-17-12-15(2)27(16(17)3)21-10-5-4-9-19(21)24(31)32/h4-13H,1-3H3,(H,31,32)(H,26,29,33)/b20-13+. The molecular formula is C25H21N3O5. The summed E-state index contributed by atoms with van der Waals surface area (Å²) in [4.78, 5) is 50.8. The number of carboxylic acid groups (broad SMARTS) is 1. The molecule has 33 heavy (non-hydrogen) atoms. The van der Waals surface area contributed by atoms with E-state index < -0.39 is 23.8 Å². The number of benzene rings is 2. The van der Waals surface area contributed by atoms with Crippen molar-refractivity contribution in [1.82, 2.24) is 9.88 Å². The van der Waals surface area contributed by atoms with Crippen LogP contribution >= 0.6 is 0 Å². The number of aromatic nitrogens is 1. The zero-order valence-electron chi connectivity index (χ0n) is 18.2. The van der Waals surface area contributed by atoms with Crippen molar-refractivity contribution < 1.29 is 24.3 Å². The summed E-state index contributed by atoms with van der Waals surface area (Å²) < 4.78 is 1.75. The number of aromatic carboxylic acids is 1. The third-order valence-electron chi connectivity index (χ3n) is 5.51. The van der Waals surface area contributed by atoms with Gasteiger partial charge in [-0.2, -0.15) is 0 Å². The Morgan fingerprint density at radius 2 is 1.70 bits per heavy atom. The molecule has 0 atom stereocenters. The second kappa shape index (κ2) is 8.23. The molecule has 8 nitrogen and oxygen atoms in total. The van der Waals surface area contributed by atoms with Crippen molar-refractivity contribution in [2.45, 2.75) is 20.8 Å². The molecule has 0 bridgehead atoms. The first kappa shape index (κ1) is 21.8. The van der Waals surface area contributed by atoms with Crippen LogP contribution in [0.2, 0.25) is 0 Å². The molecule has 1 aliphatic rings. The summed E-state index contributed by atoms with van der Waals surface area (Å²) in [5, 5.41) is 11.8. The number of carbonyl (C=O) groups excluding carboxylic acids is 3. The summed E-state index contributed by atoms with van der Waals surface area (Å²) in [7, 11) is 0. The zero-order valence-corrected chi connectivity index (χ0v) is 18.2. The molecule has 4 amide bonds. The number of hydrogen-bond donors (Lipinski definition) is 2. The van der Waals surface area contributed by atoms with Gasteiger partial charge in [-0.15, -0.1) is 0 Å². The number of imide groups is 2. The summed E-state index contributed by atoms with van der Waals surface area (Å²) >= 11 is 0. The molecule has 0 unspecified atom stereocenters. The van der Waals surface area contributed by atoms with Crippen molar-refractivity contribution >= 4 is 35.6 Å². The molecule has 1 fully saturated rings. The molecule has 2 N–H and O–H groups in total. The summed E-state index contributed by atoms with van der Waals surface area (Å²) in [6.45, 7) is 5.41. The van der Waals surface area contributed by atoms with E-state index in [1.54, 1.807) is 60.9 Å². The van der Waals surface area contributed by atoms with Crippen molar-refractivity contribution in [2.75, 3.05) is 4.90 Å². The van der Waals surface area contributed by atoms with Gasteiger partial charge in [0.2, 0.25) is 0 Å². The van der Waals surface area contributed by atoms with Gasteiger partial charge in [-0.05, 0) is 68.3 Å². The minimum Gasteiger partial charge on any atom is -0.478 e. The number of carbonyl (C=O) groups is 4. The molecule has 2 aromatic carbocycles. The van der Waals surface area contributed by atoms with Crippen LogP contribution in [0.3, 0.4) is 0 Å². The first-order valence-electron chi connectivity index (χ1n) is 10.2. The predicted molar refractivity (Wildman–Crippen MR) is 122 cm³/mol. The van der Waals surface area contributed by atoms with E-state index in [9.17, 15) is 24.3 Å². The lowest BCUT2D eigenvalue weighted by molar-refractivity contribution is -0.122. The highest BCUT2D eigenvalue weighted by molar-refractivity contribution is 6.39. The van der Waals surface area contributed by atoms with Crippen molar-refractivity contribution in [2.24, 2.45) is 0 Å². The number of para-hydroxylation sites is 1. The molecule has 8 heteroatoms. The van der Waals surface area contributed by atoms with Gasteiger partial charge in [-0.3, -0.25) is 14.9 Å². The van der Waals surface area contributed by atoms with Crippen LogP contribution in [0.1, 0.15) is 32.9 Å². The monoisotopic (exact) mass is 443 g/mol. The molecule has 0 aliphatic carbocycles. The van der Waals surface area contributed by atoms with E-state index >= 15 is 0 Å². The number of anilines is 1. The van der Waals surface area contributed by atoms with E-state index in [1.807, 2.05) is 13.0 Å². The number of nitrogens with one attached hydrogen (secondary N) is 1. The van der Waals surface area contributed by atoms with Gasteiger partial charge < -0.3 is 9.67 Å². The summed E-state index contributed by atoms with van der Waals surface area (Å²) in [5.41, 5.74) is 3.55. The Balaban J connectivity index is 1.80. The van der Waals surface area contributed by atoms with Crippen LogP contribution in [-0.4, -0.2) is 33.5 Å². The van der Waals surface area contributed by atoms with E-state index in [0.29, 0.717) is 22.6 Å². The van der Waals surface area contributed by atoms with Crippen molar-refractivity contribution in [3.05, 3.63) is 88.2 Å². The number of amides is 4. The number of urea groups is 1. The van der Waals surface area contributed by atoms with E-state index in [0.717, 1.165) is 16.2 Å². The smallest absolute Gasteiger partial charge is 0.337 e. The van der Waals surface area contributed by atoms with E-state index in [2.05, 4.69) is 5.32 Å². The Morgan fingerprint density at radius 1 is 0.970 bits per heavy atom. The molecule has 2 heterocycles. The largest absolute Gasteiger partial charge is 0.478 e. The lowest BCUT2D eigenvalue weighted by atomic mass is 10.1. The number of barbiturate groups is 1. The van der Waals surface area contributed by atoms with Gasteiger partial charge in [-0.25, -0.2) is 14.5 Å². The third-order valence-corrected chi connectivity index (χ3v) is 5.51. The van der Waals surface area contributed by atoms with E-state index in [4.69, 9.17) is 0 Å². The molecule has 4 rings (SSSR count). The fourth-order valence-corrected chi connectivity index (χ4v) is 3.97. The Bertz CT molecular complexity index is 1370. The van der Waals surface area contributed by atoms with E-state index in [1.165, 1.54) is 12.1 Å². The van der Waals surface area contributed by atoms with Crippen molar-refractivity contribution in [3.63, 3.8) is 0 Å². The van der Waals surface area contributed by atoms with Gasteiger partial charge in [0.1, 0.15) is 5.57 Å². The lowest BCUT2D eigenvalue weighted by Gasteiger charge is -2.26.